The summed E-state index contributed by atoms with van der Waals surface area (Å²) < 4.78 is 0. The van der Waals surface area contributed by atoms with Crippen LogP contribution in [0.25, 0.3) is 0 Å². The fourth-order valence-electron chi connectivity index (χ4n) is 1.27. The van der Waals surface area contributed by atoms with Crippen LogP contribution >= 0.6 is 0 Å². The summed E-state index contributed by atoms with van der Waals surface area (Å²) in [4.78, 5) is 21.7. The lowest BCUT2D eigenvalue weighted by atomic mass is 10.1. The van der Waals surface area contributed by atoms with Gasteiger partial charge in [0.15, 0.2) is 0 Å². The molecule has 1 aromatic heterocycles. The molecule has 0 unspecified atom stereocenters. The highest BCUT2D eigenvalue weighted by molar-refractivity contribution is 5.33. The topological polar surface area (TPSA) is 81.8 Å². The van der Waals surface area contributed by atoms with Gasteiger partial charge in [0.1, 0.15) is 18.5 Å². The van der Waals surface area contributed by atoms with E-state index in [1.165, 1.54) is 24.8 Å². The van der Waals surface area contributed by atoms with Gasteiger partial charge in [-0.15, -0.1) is 0 Å². The Kier molecular flexibility index (Phi) is 2.81. The van der Waals surface area contributed by atoms with Gasteiger partial charge in [-0.1, -0.05) is 12.1 Å². The van der Waals surface area contributed by atoms with Crippen LogP contribution in [0.15, 0.2) is 36.9 Å². The van der Waals surface area contributed by atoms with Crippen molar-refractivity contribution < 1.29 is 4.92 Å². The van der Waals surface area contributed by atoms with E-state index in [0.717, 1.165) is 5.56 Å². The Balaban J connectivity index is 2.14. The molecule has 1 heterocycles. The zero-order valence-electron chi connectivity index (χ0n) is 8.28. The van der Waals surface area contributed by atoms with Gasteiger partial charge in [-0.25, -0.2) is 15.0 Å². The molecule has 0 saturated carbocycles. The number of non-ortho nitro benzene ring substituents is 1. The molecule has 0 radical (unpaired) electrons. The van der Waals surface area contributed by atoms with Crippen molar-refractivity contribution >= 4 is 5.69 Å². The van der Waals surface area contributed by atoms with E-state index in [9.17, 15) is 10.1 Å². The largest absolute Gasteiger partial charge is 0.269 e. The Morgan fingerprint density at radius 3 is 2.31 bits per heavy atom. The second-order valence-corrected chi connectivity index (χ2v) is 3.15. The first kappa shape index (κ1) is 10.2. The quantitative estimate of drug-likeness (QED) is 0.571. The molecule has 0 saturated heterocycles. The summed E-state index contributed by atoms with van der Waals surface area (Å²) in [6.07, 6.45) is 3.39. The third kappa shape index (κ3) is 2.35. The molecule has 6 nitrogen and oxygen atoms in total. The lowest BCUT2D eigenvalue weighted by Crippen LogP contribution is -1.96. The molecule has 0 aliphatic heterocycles. The van der Waals surface area contributed by atoms with Gasteiger partial charge in [0, 0.05) is 18.6 Å². The van der Waals surface area contributed by atoms with Crippen molar-refractivity contribution in [1.82, 2.24) is 15.0 Å². The molecule has 6 heteroatoms. The van der Waals surface area contributed by atoms with Gasteiger partial charge in [-0.2, -0.15) is 0 Å². The van der Waals surface area contributed by atoms with E-state index in [-0.39, 0.29) is 5.69 Å². The molecular weight excluding hydrogens is 208 g/mol. The van der Waals surface area contributed by atoms with Gasteiger partial charge in [-0.3, -0.25) is 10.1 Å². The summed E-state index contributed by atoms with van der Waals surface area (Å²) in [6.45, 7) is 0. The molecule has 0 aliphatic rings. The second kappa shape index (κ2) is 4.43. The molecule has 0 bridgehead atoms. The van der Waals surface area contributed by atoms with Crippen molar-refractivity contribution in [1.29, 1.82) is 0 Å². The van der Waals surface area contributed by atoms with Crippen LogP contribution in [0.4, 0.5) is 5.69 Å². The number of nitrogens with zero attached hydrogens (tertiary/aromatic N) is 4. The van der Waals surface area contributed by atoms with Gasteiger partial charge in [0.25, 0.3) is 5.69 Å². The van der Waals surface area contributed by atoms with Gasteiger partial charge in [-0.05, 0) is 5.56 Å². The summed E-state index contributed by atoms with van der Waals surface area (Å²) in [5.74, 6) is 0.642. The molecule has 0 atom stereocenters. The zero-order valence-corrected chi connectivity index (χ0v) is 8.28. The van der Waals surface area contributed by atoms with Crippen LogP contribution in [0.2, 0.25) is 0 Å². The predicted octanol–water partition coefficient (Wildman–Crippen LogP) is 1.37. The number of nitro groups is 1. The molecule has 2 aromatic rings. The van der Waals surface area contributed by atoms with E-state index >= 15 is 0 Å². The van der Waals surface area contributed by atoms with E-state index < -0.39 is 4.92 Å². The Hall–Kier alpha value is -2.37. The van der Waals surface area contributed by atoms with Crippen LogP contribution in [-0.4, -0.2) is 19.9 Å². The molecule has 1 aromatic carbocycles. The average molecular weight is 216 g/mol. The van der Waals surface area contributed by atoms with Crippen molar-refractivity contribution in [2.45, 2.75) is 6.42 Å². The van der Waals surface area contributed by atoms with Crippen molar-refractivity contribution in [2.75, 3.05) is 0 Å². The maximum atomic E-state index is 10.4. The van der Waals surface area contributed by atoms with Gasteiger partial charge in [0.2, 0.25) is 0 Å². The first-order valence-electron chi connectivity index (χ1n) is 4.60. The minimum absolute atomic E-state index is 0.0828. The lowest BCUT2D eigenvalue weighted by Gasteiger charge is -1.98. The molecule has 80 valence electrons. The SMILES string of the molecule is O=[N+]([O-])c1ccc(Cc2ncncn2)cc1. The van der Waals surface area contributed by atoms with Gasteiger partial charge in [0.05, 0.1) is 4.92 Å². The Morgan fingerprint density at radius 2 is 1.75 bits per heavy atom. The van der Waals surface area contributed by atoms with Crippen molar-refractivity contribution in [3.63, 3.8) is 0 Å². The van der Waals surface area contributed by atoms with Crippen LogP contribution in [-0.2, 0) is 6.42 Å². The highest BCUT2D eigenvalue weighted by atomic mass is 16.6. The molecule has 16 heavy (non-hydrogen) atoms. The summed E-state index contributed by atoms with van der Waals surface area (Å²) >= 11 is 0. The summed E-state index contributed by atoms with van der Waals surface area (Å²) in [5, 5.41) is 10.4. The van der Waals surface area contributed by atoms with E-state index in [1.807, 2.05) is 0 Å². The molecule has 0 fully saturated rings. The van der Waals surface area contributed by atoms with Crippen LogP contribution in [0.1, 0.15) is 11.4 Å². The third-order valence-electron chi connectivity index (χ3n) is 2.06. The maximum Gasteiger partial charge on any atom is 0.269 e. The number of hydrogen-bond acceptors (Lipinski definition) is 5. The Bertz CT molecular complexity index is 484. The Labute approximate surface area is 91.2 Å². The second-order valence-electron chi connectivity index (χ2n) is 3.15. The van der Waals surface area contributed by atoms with Crippen LogP contribution in [0.3, 0.4) is 0 Å². The third-order valence-corrected chi connectivity index (χ3v) is 2.06. The maximum absolute atomic E-state index is 10.4. The predicted molar refractivity (Wildman–Crippen MR) is 55.7 cm³/mol. The smallest absolute Gasteiger partial charge is 0.258 e. The summed E-state index contributed by atoms with van der Waals surface area (Å²) in [6, 6.07) is 6.33. The highest BCUT2D eigenvalue weighted by Gasteiger charge is 2.04. The van der Waals surface area contributed by atoms with Gasteiger partial charge < -0.3 is 0 Å². The summed E-state index contributed by atoms with van der Waals surface area (Å²) in [7, 11) is 0. The first-order valence-corrected chi connectivity index (χ1v) is 4.60. The summed E-state index contributed by atoms with van der Waals surface area (Å²) in [5.41, 5.74) is 1.01. The standard InChI is InChI=1S/C10H8N4O2/c15-14(16)9-3-1-8(2-4-9)5-10-12-6-11-7-13-10/h1-4,6-7H,5H2. The molecule has 0 spiro atoms. The molecular formula is C10H8N4O2. The normalized spacial score (nSPS) is 10.0. The lowest BCUT2D eigenvalue weighted by molar-refractivity contribution is -0.384. The first-order chi connectivity index (χ1) is 7.75. The Morgan fingerprint density at radius 1 is 1.12 bits per heavy atom. The van der Waals surface area contributed by atoms with E-state index in [1.54, 1.807) is 12.1 Å². The van der Waals surface area contributed by atoms with E-state index in [0.29, 0.717) is 12.2 Å². The van der Waals surface area contributed by atoms with E-state index in [4.69, 9.17) is 0 Å². The van der Waals surface area contributed by atoms with E-state index in [2.05, 4.69) is 15.0 Å². The zero-order chi connectivity index (χ0) is 11.4. The number of rotatable bonds is 3. The molecule has 0 amide bonds. The molecule has 0 N–H and O–H groups in total. The molecule has 2 rings (SSSR count). The monoisotopic (exact) mass is 216 g/mol. The number of aromatic nitrogens is 3. The van der Waals surface area contributed by atoms with Crippen LogP contribution in [0.5, 0.6) is 0 Å². The molecule has 0 aliphatic carbocycles. The van der Waals surface area contributed by atoms with Gasteiger partial charge >= 0.3 is 0 Å². The fraction of sp³-hybridized carbons (Fsp3) is 0.100. The van der Waals surface area contributed by atoms with Crippen molar-refractivity contribution in [3.05, 3.63) is 58.4 Å². The minimum atomic E-state index is -0.424. The minimum Gasteiger partial charge on any atom is -0.258 e. The number of hydrogen-bond donors (Lipinski definition) is 0. The number of benzene rings is 1. The van der Waals surface area contributed by atoms with Crippen LogP contribution in [0, 0.1) is 10.1 Å². The highest BCUT2D eigenvalue weighted by Crippen LogP contribution is 2.13. The number of nitro benzene ring substituents is 1. The van der Waals surface area contributed by atoms with Crippen molar-refractivity contribution in [3.8, 4) is 0 Å². The fourth-order valence-corrected chi connectivity index (χ4v) is 1.27. The van der Waals surface area contributed by atoms with Crippen molar-refractivity contribution in [2.24, 2.45) is 0 Å². The average Bonchev–Trinajstić information content (AvgIpc) is 2.31. The van der Waals surface area contributed by atoms with Crippen LogP contribution < -0.4 is 0 Å².